The number of halogens is 3. The van der Waals surface area contributed by atoms with Crippen molar-refractivity contribution in [1.82, 2.24) is 14.8 Å². The molecule has 18 heavy (non-hydrogen) atoms. The second kappa shape index (κ2) is 4.67. The SMILES string of the molecule is CNc1ccc(Cn2ccc(C(F)(F)F)n2)cn1. The van der Waals surface area contributed by atoms with Gasteiger partial charge in [-0.05, 0) is 17.7 Å². The summed E-state index contributed by atoms with van der Waals surface area (Å²) in [5.74, 6) is 0.704. The predicted octanol–water partition coefficient (Wildman–Crippen LogP) is 2.39. The summed E-state index contributed by atoms with van der Waals surface area (Å²) in [7, 11) is 1.74. The topological polar surface area (TPSA) is 42.7 Å². The lowest BCUT2D eigenvalue weighted by molar-refractivity contribution is -0.141. The van der Waals surface area contributed by atoms with Gasteiger partial charge in [0.25, 0.3) is 0 Å². The average Bonchev–Trinajstić information content (AvgIpc) is 2.78. The van der Waals surface area contributed by atoms with Gasteiger partial charge in [0, 0.05) is 19.4 Å². The van der Waals surface area contributed by atoms with Crippen LogP contribution in [0.3, 0.4) is 0 Å². The Morgan fingerprint density at radius 2 is 2.06 bits per heavy atom. The summed E-state index contributed by atoms with van der Waals surface area (Å²) in [4.78, 5) is 4.07. The second-order valence-corrected chi connectivity index (χ2v) is 3.70. The molecule has 2 aromatic heterocycles. The third-order valence-corrected chi connectivity index (χ3v) is 2.36. The maximum absolute atomic E-state index is 12.3. The predicted molar refractivity (Wildman–Crippen MR) is 60.1 cm³/mol. The number of nitrogens with one attached hydrogen (secondary N) is 1. The smallest absolute Gasteiger partial charge is 0.373 e. The van der Waals surface area contributed by atoms with Crippen LogP contribution in [0, 0.1) is 0 Å². The van der Waals surface area contributed by atoms with Gasteiger partial charge in [-0.25, -0.2) is 4.98 Å². The minimum atomic E-state index is -4.40. The van der Waals surface area contributed by atoms with E-state index in [9.17, 15) is 13.2 Å². The molecule has 0 unspecified atom stereocenters. The molecule has 0 atom stereocenters. The van der Waals surface area contributed by atoms with Gasteiger partial charge in [0.2, 0.25) is 0 Å². The Labute approximate surface area is 101 Å². The highest BCUT2D eigenvalue weighted by molar-refractivity contribution is 5.34. The van der Waals surface area contributed by atoms with E-state index in [-0.39, 0.29) is 6.54 Å². The van der Waals surface area contributed by atoms with Crippen LogP contribution >= 0.6 is 0 Å². The quantitative estimate of drug-likeness (QED) is 0.916. The van der Waals surface area contributed by atoms with Gasteiger partial charge in [-0.3, -0.25) is 4.68 Å². The molecule has 2 aromatic rings. The number of rotatable bonds is 3. The largest absolute Gasteiger partial charge is 0.435 e. The number of hydrogen-bond acceptors (Lipinski definition) is 3. The van der Waals surface area contributed by atoms with Crippen molar-refractivity contribution in [2.45, 2.75) is 12.7 Å². The van der Waals surface area contributed by atoms with Gasteiger partial charge >= 0.3 is 6.18 Å². The fourth-order valence-electron chi connectivity index (χ4n) is 1.45. The van der Waals surface area contributed by atoms with E-state index >= 15 is 0 Å². The molecular weight excluding hydrogens is 245 g/mol. The van der Waals surface area contributed by atoms with Gasteiger partial charge < -0.3 is 5.32 Å². The van der Waals surface area contributed by atoms with E-state index in [2.05, 4.69) is 15.4 Å². The fourth-order valence-corrected chi connectivity index (χ4v) is 1.45. The summed E-state index contributed by atoms with van der Waals surface area (Å²) in [6.45, 7) is 0.257. The molecule has 1 N–H and O–H groups in total. The number of alkyl halides is 3. The van der Waals surface area contributed by atoms with Gasteiger partial charge in [-0.2, -0.15) is 18.3 Å². The molecule has 0 radical (unpaired) electrons. The molecule has 0 bridgehead atoms. The monoisotopic (exact) mass is 256 g/mol. The average molecular weight is 256 g/mol. The normalized spacial score (nSPS) is 11.6. The highest BCUT2D eigenvalue weighted by Crippen LogP contribution is 2.27. The first-order valence-corrected chi connectivity index (χ1v) is 5.22. The van der Waals surface area contributed by atoms with Gasteiger partial charge in [-0.15, -0.1) is 0 Å². The molecule has 0 aliphatic carbocycles. The second-order valence-electron chi connectivity index (χ2n) is 3.70. The van der Waals surface area contributed by atoms with Crippen molar-refractivity contribution in [2.75, 3.05) is 12.4 Å². The van der Waals surface area contributed by atoms with Gasteiger partial charge in [0.1, 0.15) is 5.82 Å². The first-order chi connectivity index (χ1) is 8.49. The molecule has 0 saturated carbocycles. The number of hydrogen-bond donors (Lipinski definition) is 1. The van der Waals surface area contributed by atoms with Crippen LogP contribution in [0.5, 0.6) is 0 Å². The first kappa shape index (κ1) is 12.4. The van der Waals surface area contributed by atoms with Gasteiger partial charge in [-0.1, -0.05) is 6.07 Å². The van der Waals surface area contributed by atoms with E-state index in [0.717, 1.165) is 11.6 Å². The molecular formula is C11H11F3N4. The maximum Gasteiger partial charge on any atom is 0.435 e. The summed E-state index contributed by atoms with van der Waals surface area (Å²) < 4.78 is 38.3. The number of pyridine rings is 1. The lowest BCUT2D eigenvalue weighted by Crippen LogP contribution is -2.08. The molecule has 0 aromatic carbocycles. The van der Waals surface area contributed by atoms with E-state index in [0.29, 0.717) is 5.82 Å². The van der Waals surface area contributed by atoms with E-state index < -0.39 is 11.9 Å². The summed E-state index contributed by atoms with van der Waals surface area (Å²) in [5.41, 5.74) is -0.104. The third-order valence-electron chi connectivity index (χ3n) is 2.36. The van der Waals surface area contributed by atoms with Crippen LogP contribution < -0.4 is 5.32 Å². The van der Waals surface area contributed by atoms with Crippen LogP contribution in [0.2, 0.25) is 0 Å². The van der Waals surface area contributed by atoms with E-state index in [1.165, 1.54) is 10.9 Å². The Bertz CT molecular complexity index is 516. The highest BCUT2D eigenvalue weighted by Gasteiger charge is 2.33. The van der Waals surface area contributed by atoms with Crippen LogP contribution in [-0.4, -0.2) is 21.8 Å². The Kier molecular flexibility index (Phi) is 3.22. The Balaban J connectivity index is 2.11. The molecule has 0 saturated heterocycles. The number of aromatic nitrogens is 3. The summed E-state index contributed by atoms with van der Waals surface area (Å²) in [5, 5.41) is 6.33. The Hall–Kier alpha value is -2.05. The summed E-state index contributed by atoms with van der Waals surface area (Å²) >= 11 is 0. The van der Waals surface area contributed by atoms with Crippen molar-refractivity contribution in [1.29, 1.82) is 0 Å². The lowest BCUT2D eigenvalue weighted by atomic mass is 10.3. The minimum Gasteiger partial charge on any atom is -0.373 e. The first-order valence-electron chi connectivity index (χ1n) is 5.22. The molecule has 7 heteroatoms. The van der Waals surface area contributed by atoms with Gasteiger partial charge in [0.05, 0.1) is 6.54 Å². The van der Waals surface area contributed by atoms with Crippen LogP contribution in [0.4, 0.5) is 19.0 Å². The van der Waals surface area contributed by atoms with Crippen LogP contribution in [0.15, 0.2) is 30.6 Å². The summed E-state index contributed by atoms with van der Waals surface area (Å²) in [6.07, 6.45) is -1.50. The summed E-state index contributed by atoms with van der Waals surface area (Å²) in [6, 6.07) is 4.49. The van der Waals surface area contributed by atoms with Crippen molar-refractivity contribution < 1.29 is 13.2 Å². The maximum atomic E-state index is 12.3. The number of anilines is 1. The molecule has 0 amide bonds. The third kappa shape index (κ3) is 2.79. The van der Waals surface area contributed by atoms with Crippen LogP contribution in [-0.2, 0) is 12.7 Å². The zero-order valence-electron chi connectivity index (χ0n) is 9.57. The standard InChI is InChI=1S/C11H11F3N4/c1-15-10-3-2-8(6-16-10)7-18-5-4-9(17-18)11(12,13)14/h2-6H,7H2,1H3,(H,15,16). The highest BCUT2D eigenvalue weighted by atomic mass is 19.4. The van der Waals surface area contributed by atoms with Crippen molar-refractivity contribution in [3.63, 3.8) is 0 Å². The Morgan fingerprint density at radius 1 is 1.28 bits per heavy atom. The van der Waals surface area contributed by atoms with Crippen LogP contribution in [0.25, 0.3) is 0 Å². The van der Waals surface area contributed by atoms with Crippen LogP contribution in [0.1, 0.15) is 11.3 Å². The van der Waals surface area contributed by atoms with Crippen molar-refractivity contribution in [3.8, 4) is 0 Å². The molecule has 2 heterocycles. The molecule has 0 aliphatic rings. The molecule has 0 fully saturated rings. The van der Waals surface area contributed by atoms with E-state index in [1.807, 2.05) is 0 Å². The Morgan fingerprint density at radius 3 is 2.56 bits per heavy atom. The molecule has 0 spiro atoms. The van der Waals surface area contributed by atoms with Gasteiger partial charge in [0.15, 0.2) is 5.69 Å². The molecule has 0 aliphatic heterocycles. The molecule has 2 rings (SSSR count). The van der Waals surface area contributed by atoms with Crippen molar-refractivity contribution in [3.05, 3.63) is 41.9 Å². The zero-order chi connectivity index (χ0) is 13.2. The van der Waals surface area contributed by atoms with Crippen molar-refractivity contribution in [2.24, 2.45) is 0 Å². The molecule has 96 valence electrons. The zero-order valence-corrected chi connectivity index (χ0v) is 9.57. The van der Waals surface area contributed by atoms with E-state index in [1.54, 1.807) is 25.4 Å². The molecule has 4 nitrogen and oxygen atoms in total. The minimum absolute atomic E-state index is 0.257. The van der Waals surface area contributed by atoms with E-state index in [4.69, 9.17) is 0 Å². The van der Waals surface area contributed by atoms with Crippen molar-refractivity contribution >= 4 is 5.82 Å². The lowest BCUT2D eigenvalue weighted by Gasteiger charge is -2.04. The number of nitrogens with zero attached hydrogens (tertiary/aromatic N) is 3. The fraction of sp³-hybridized carbons (Fsp3) is 0.273.